The summed E-state index contributed by atoms with van der Waals surface area (Å²) >= 11 is 0. The normalized spacial score (nSPS) is 13.2. The van der Waals surface area contributed by atoms with Gasteiger partial charge in [-0.3, -0.25) is 9.44 Å². The molecular formula is C21H20N2O7S2. The zero-order valence-corrected chi connectivity index (χ0v) is 18.5. The molecule has 0 aromatic heterocycles. The van der Waals surface area contributed by atoms with E-state index < -0.39 is 25.8 Å². The Labute approximate surface area is 185 Å². The summed E-state index contributed by atoms with van der Waals surface area (Å²) in [6, 6.07) is 14.2. The number of phenolic OH excluding ortho intramolecular Hbond substituents is 1. The average Bonchev–Trinajstić information content (AvgIpc) is 3.23. The van der Waals surface area contributed by atoms with Crippen molar-refractivity contribution in [2.24, 2.45) is 0 Å². The molecule has 0 unspecified atom stereocenters. The monoisotopic (exact) mass is 476 g/mol. The summed E-state index contributed by atoms with van der Waals surface area (Å²) in [5, 5.41) is 10.2. The van der Waals surface area contributed by atoms with Crippen LogP contribution < -0.4 is 18.9 Å². The third kappa shape index (κ3) is 4.30. The molecule has 0 spiro atoms. The molecule has 1 heterocycles. The van der Waals surface area contributed by atoms with Crippen molar-refractivity contribution in [1.29, 1.82) is 0 Å². The molecule has 3 N–H and O–H groups in total. The maximum absolute atomic E-state index is 12.9. The lowest BCUT2D eigenvalue weighted by atomic mass is 10.2. The molecule has 0 aliphatic carbocycles. The molecular weight excluding hydrogens is 456 g/mol. The van der Waals surface area contributed by atoms with Crippen molar-refractivity contribution in [1.82, 2.24) is 0 Å². The number of benzene rings is 3. The van der Waals surface area contributed by atoms with E-state index >= 15 is 0 Å². The van der Waals surface area contributed by atoms with E-state index in [4.69, 9.17) is 9.47 Å². The van der Waals surface area contributed by atoms with Crippen LogP contribution in [0.4, 0.5) is 11.4 Å². The molecule has 9 nitrogen and oxygen atoms in total. The van der Waals surface area contributed by atoms with Gasteiger partial charge in [0.05, 0.1) is 34.9 Å². The molecule has 0 atom stereocenters. The molecule has 1 aliphatic heterocycles. The van der Waals surface area contributed by atoms with Crippen molar-refractivity contribution in [2.75, 3.05) is 23.2 Å². The number of fused-ring (bicyclic) bond motifs is 1. The number of anilines is 2. The second-order valence-corrected chi connectivity index (χ2v) is 10.3. The van der Waals surface area contributed by atoms with E-state index in [1.807, 2.05) is 0 Å². The van der Waals surface area contributed by atoms with E-state index in [2.05, 4.69) is 9.44 Å². The predicted octanol–water partition coefficient (Wildman–Crippen LogP) is 2.94. The van der Waals surface area contributed by atoms with Gasteiger partial charge in [-0.15, -0.1) is 0 Å². The molecule has 0 fully saturated rings. The lowest BCUT2D eigenvalue weighted by Gasteiger charge is -2.14. The standard InChI is InChI=1S/C21H20N2O7S2/c1-29-21-5-3-2-4-17(21)22-32(27,28)16-6-8-19(24)18(13-16)23-31(25,26)15-7-9-20-14(12-15)10-11-30-20/h2-9,12-13,22-24H,10-11H2,1H3. The van der Waals surface area contributed by atoms with Crippen LogP contribution in [0.3, 0.4) is 0 Å². The van der Waals surface area contributed by atoms with E-state index in [-0.39, 0.29) is 21.2 Å². The highest BCUT2D eigenvalue weighted by Crippen LogP contribution is 2.33. The first-order valence-electron chi connectivity index (χ1n) is 9.47. The summed E-state index contributed by atoms with van der Waals surface area (Å²) in [7, 11) is -6.79. The smallest absolute Gasteiger partial charge is 0.262 e. The second-order valence-electron chi connectivity index (χ2n) is 6.96. The second kappa shape index (κ2) is 8.24. The third-order valence-corrected chi connectivity index (χ3v) is 7.57. The first kappa shape index (κ1) is 21.8. The van der Waals surface area contributed by atoms with Crippen LogP contribution in [-0.2, 0) is 26.5 Å². The summed E-state index contributed by atoms with van der Waals surface area (Å²) in [5.74, 6) is 0.521. The van der Waals surface area contributed by atoms with Gasteiger partial charge >= 0.3 is 0 Å². The highest BCUT2D eigenvalue weighted by atomic mass is 32.2. The van der Waals surface area contributed by atoms with E-state index in [0.717, 1.165) is 23.8 Å². The average molecular weight is 477 g/mol. The Kier molecular flexibility index (Phi) is 5.61. The van der Waals surface area contributed by atoms with Gasteiger partial charge in [0.2, 0.25) is 0 Å². The maximum Gasteiger partial charge on any atom is 0.262 e. The minimum atomic E-state index is -4.11. The van der Waals surface area contributed by atoms with Gasteiger partial charge in [0.15, 0.2) is 0 Å². The van der Waals surface area contributed by atoms with Gasteiger partial charge in [0.1, 0.15) is 17.2 Å². The van der Waals surface area contributed by atoms with Crippen molar-refractivity contribution in [3.8, 4) is 17.2 Å². The largest absolute Gasteiger partial charge is 0.506 e. The van der Waals surface area contributed by atoms with Gasteiger partial charge in [-0.2, -0.15) is 0 Å². The van der Waals surface area contributed by atoms with Crippen LogP contribution in [0.25, 0.3) is 0 Å². The molecule has 3 aromatic carbocycles. The number of sulfonamides is 2. The summed E-state index contributed by atoms with van der Waals surface area (Å²) in [6.07, 6.45) is 0.590. The first-order chi connectivity index (χ1) is 15.2. The molecule has 1 aliphatic rings. The Morgan fingerprint density at radius 2 is 1.53 bits per heavy atom. The van der Waals surface area contributed by atoms with Crippen LogP contribution in [0, 0.1) is 0 Å². The van der Waals surface area contributed by atoms with Crippen molar-refractivity contribution >= 4 is 31.4 Å². The molecule has 168 valence electrons. The summed E-state index contributed by atoms with van der Waals surface area (Å²) in [4.78, 5) is -0.275. The zero-order chi connectivity index (χ0) is 22.9. The summed E-state index contributed by atoms with van der Waals surface area (Å²) in [5.41, 5.74) is 0.699. The predicted molar refractivity (Wildman–Crippen MR) is 118 cm³/mol. The van der Waals surface area contributed by atoms with Crippen molar-refractivity contribution in [3.63, 3.8) is 0 Å². The number of ether oxygens (including phenoxy) is 2. The van der Waals surface area contributed by atoms with Crippen LogP contribution >= 0.6 is 0 Å². The van der Waals surface area contributed by atoms with Gasteiger partial charge in [-0.25, -0.2) is 16.8 Å². The van der Waals surface area contributed by atoms with Crippen LogP contribution in [0.15, 0.2) is 70.5 Å². The minimum absolute atomic E-state index is 0.0263. The van der Waals surface area contributed by atoms with Crippen LogP contribution in [0.2, 0.25) is 0 Å². The Bertz CT molecular complexity index is 1390. The van der Waals surface area contributed by atoms with Crippen molar-refractivity contribution in [2.45, 2.75) is 16.2 Å². The number of para-hydroxylation sites is 2. The van der Waals surface area contributed by atoms with Gasteiger partial charge in [-0.1, -0.05) is 12.1 Å². The lowest BCUT2D eigenvalue weighted by Crippen LogP contribution is -2.16. The molecule has 0 bridgehead atoms. The summed E-state index contributed by atoms with van der Waals surface area (Å²) in [6.45, 7) is 0.478. The van der Waals surface area contributed by atoms with Gasteiger partial charge < -0.3 is 14.6 Å². The van der Waals surface area contributed by atoms with Crippen molar-refractivity contribution in [3.05, 3.63) is 66.2 Å². The SMILES string of the molecule is COc1ccccc1NS(=O)(=O)c1ccc(O)c(NS(=O)(=O)c2ccc3c(c2)CCO3)c1. The molecule has 0 saturated heterocycles. The lowest BCUT2D eigenvalue weighted by molar-refractivity contribution is 0.356. The topological polar surface area (TPSA) is 131 Å². The molecule has 32 heavy (non-hydrogen) atoms. The molecule has 0 saturated carbocycles. The minimum Gasteiger partial charge on any atom is -0.506 e. The van der Waals surface area contributed by atoms with E-state index in [9.17, 15) is 21.9 Å². The fourth-order valence-corrected chi connectivity index (χ4v) is 5.44. The van der Waals surface area contributed by atoms with Crippen LogP contribution in [0.5, 0.6) is 17.2 Å². The number of phenols is 1. The quantitative estimate of drug-likeness (QED) is 0.447. The molecule has 4 rings (SSSR count). The number of rotatable bonds is 7. The Morgan fingerprint density at radius 1 is 0.875 bits per heavy atom. The van der Waals surface area contributed by atoms with E-state index in [1.165, 1.54) is 25.3 Å². The first-order valence-corrected chi connectivity index (χ1v) is 12.4. The maximum atomic E-state index is 12.9. The van der Waals surface area contributed by atoms with E-state index in [1.54, 1.807) is 24.3 Å². The van der Waals surface area contributed by atoms with E-state index in [0.29, 0.717) is 24.5 Å². The number of hydrogen-bond donors (Lipinski definition) is 3. The number of hydrogen-bond acceptors (Lipinski definition) is 7. The van der Waals surface area contributed by atoms with Gasteiger partial charge in [0.25, 0.3) is 20.0 Å². The van der Waals surface area contributed by atoms with Crippen LogP contribution in [-0.4, -0.2) is 35.7 Å². The fourth-order valence-electron chi connectivity index (χ4n) is 3.23. The number of nitrogens with one attached hydrogen (secondary N) is 2. The van der Waals surface area contributed by atoms with Crippen LogP contribution in [0.1, 0.15) is 5.56 Å². The Morgan fingerprint density at radius 3 is 2.28 bits per heavy atom. The molecule has 0 radical (unpaired) electrons. The fraction of sp³-hybridized carbons (Fsp3) is 0.143. The molecule has 0 amide bonds. The number of aromatic hydroxyl groups is 1. The highest BCUT2D eigenvalue weighted by Gasteiger charge is 2.23. The summed E-state index contributed by atoms with van der Waals surface area (Å²) < 4.78 is 66.6. The Hall–Kier alpha value is -3.44. The van der Waals surface area contributed by atoms with Gasteiger partial charge in [0, 0.05) is 6.42 Å². The highest BCUT2D eigenvalue weighted by molar-refractivity contribution is 7.93. The Balaban J connectivity index is 1.64. The molecule has 3 aromatic rings. The zero-order valence-electron chi connectivity index (χ0n) is 16.9. The van der Waals surface area contributed by atoms with Gasteiger partial charge in [-0.05, 0) is 54.1 Å². The molecule has 11 heteroatoms. The number of methoxy groups -OCH3 is 1. The van der Waals surface area contributed by atoms with Crippen molar-refractivity contribution < 1.29 is 31.4 Å². The third-order valence-electron chi connectivity index (χ3n) is 4.85.